The summed E-state index contributed by atoms with van der Waals surface area (Å²) in [6.07, 6.45) is 0. The molecule has 0 atom stereocenters. The van der Waals surface area contributed by atoms with Crippen LogP contribution in [0.5, 0.6) is 0 Å². The summed E-state index contributed by atoms with van der Waals surface area (Å²) in [6, 6.07) is 0. The van der Waals surface area contributed by atoms with Gasteiger partial charge in [-0.3, -0.25) is 0 Å². The molecule has 0 unspecified atom stereocenters. The minimum atomic E-state index is -2.62. The molecule has 0 aromatic heterocycles. The lowest BCUT2D eigenvalue weighted by atomic mass is 14.0. The second-order valence-electron chi connectivity index (χ2n) is 0.268. The van der Waals surface area contributed by atoms with E-state index in [2.05, 4.69) is 0 Å². The zero-order chi connectivity index (χ0) is 3.58. The van der Waals surface area contributed by atoms with Crippen molar-refractivity contribution in [3.63, 3.8) is 0 Å². The van der Waals surface area contributed by atoms with Crippen molar-refractivity contribution in [2.75, 3.05) is 0 Å². The number of rotatable bonds is 0. The molecule has 0 aliphatic carbocycles. The smallest absolute Gasteiger partial charge is 0.344 e. The fraction of sp³-hybridized carbons (Fsp3) is 0. The first-order valence-corrected chi connectivity index (χ1v) is 1.80. The van der Waals surface area contributed by atoms with E-state index in [0.717, 1.165) is 0 Å². The van der Waals surface area contributed by atoms with Gasteiger partial charge in [0.2, 0.25) is 0 Å². The summed E-state index contributed by atoms with van der Waals surface area (Å²) in [5, 5.41) is 0. The van der Waals surface area contributed by atoms with Gasteiger partial charge in [-0.2, -0.15) is 0 Å². The predicted molar refractivity (Wildman–Crippen MR) is 20.8 cm³/mol. The van der Waals surface area contributed by atoms with E-state index in [1.54, 1.807) is 0 Å². The molecule has 6 N–H and O–H groups in total. The van der Waals surface area contributed by atoms with Gasteiger partial charge < -0.3 is 20.8 Å². The van der Waals surface area contributed by atoms with E-state index in [1.165, 1.54) is 0 Å². The average molecular weight is 101 g/mol. The van der Waals surface area contributed by atoms with Crippen molar-refractivity contribution >= 4 is 8.60 Å². The lowest BCUT2D eigenvalue weighted by Gasteiger charge is -1.76. The van der Waals surface area contributed by atoms with E-state index < -0.39 is 8.60 Å². The van der Waals surface area contributed by atoms with Crippen LogP contribution in [0.25, 0.3) is 0 Å². The zero-order valence-electron chi connectivity index (χ0n) is 4.50. The van der Waals surface area contributed by atoms with Crippen LogP contribution in [0.4, 0.5) is 0 Å². The normalized spacial score (nSPS) is 7.20. The summed E-state index contributed by atoms with van der Waals surface area (Å²) in [5.74, 6) is 0. The highest BCUT2D eigenvalue weighted by molar-refractivity contribution is 7.38. The van der Waals surface area contributed by atoms with E-state index in [9.17, 15) is 0 Å². The molecule has 0 saturated carbocycles. The molecule has 0 aliphatic rings. The standard InChI is InChI=1S/H3N.H3O3P/c;1-4(2)3/h1H3;1-3H/p+2. The molecule has 34 valence electrons. The molecule has 0 bridgehead atoms. The minimum Gasteiger partial charge on any atom is -0.344 e. The Morgan fingerprint density at radius 3 is 1.20 bits per heavy atom. The molecule has 0 rings (SSSR count). The topological polar surface area (TPSA) is 95.7 Å². The van der Waals surface area contributed by atoms with E-state index in [-0.39, 0.29) is 9.00 Å². The highest BCUT2D eigenvalue weighted by atomic mass is 31.2. The Balaban J connectivity index is -0.0000000150. The summed E-state index contributed by atoms with van der Waals surface area (Å²) in [7, 11) is -2.62. The van der Waals surface area contributed by atoms with Gasteiger partial charge in [0, 0.05) is 0 Å². The maximum atomic E-state index is 7.23. The highest BCUT2D eigenvalue weighted by Crippen LogP contribution is 2.11. The summed E-state index contributed by atoms with van der Waals surface area (Å²) < 4.78 is 0. The van der Waals surface area contributed by atoms with Crippen molar-refractivity contribution in [1.29, 1.82) is 0 Å². The molecule has 0 aromatic rings. The molecule has 5 heteroatoms. The Hall–Kier alpha value is 0.270. The van der Waals surface area contributed by atoms with Crippen molar-refractivity contribution in [2.45, 2.75) is 0 Å². The molecule has 4 nitrogen and oxygen atoms in total. The third kappa shape index (κ3) is 302. The first-order valence-electron chi connectivity index (χ1n) is 0.600. The van der Waals surface area contributed by atoms with Crippen molar-refractivity contribution in [3.05, 3.63) is 0 Å². The molecule has 0 radical (unpaired) electrons. The number of hydrogen-bond acceptors (Lipinski definition) is 4. The van der Waals surface area contributed by atoms with Gasteiger partial charge in [0.1, 0.15) is 0 Å². The average Bonchev–Trinajstić information content (AvgIpc) is 0.811. The van der Waals surface area contributed by atoms with E-state index in [0.29, 0.717) is 0 Å². The predicted octanol–water partition coefficient (Wildman–Crippen LogP) is -0.423. The molecule has 5 heavy (non-hydrogen) atoms. The van der Waals surface area contributed by atoms with E-state index >= 15 is 0 Å². The molecule has 0 amide bonds. The van der Waals surface area contributed by atoms with Crippen LogP contribution in [0.15, 0.2) is 0 Å². The lowest BCUT2D eigenvalue weighted by molar-refractivity contribution is 0.368. The van der Waals surface area contributed by atoms with Crippen LogP contribution >= 0.6 is 8.60 Å². The third-order valence-corrected chi connectivity index (χ3v) is 0. The Labute approximate surface area is 33.6 Å². The molecule has 0 spiro atoms. The summed E-state index contributed by atoms with van der Waals surface area (Å²) in [5.41, 5.74) is 0. The molecule has 0 saturated heterocycles. The largest absolute Gasteiger partial charge is 1.00 e. The van der Waals surface area contributed by atoms with Crippen LogP contribution in [0.1, 0.15) is 2.85 Å². The van der Waals surface area contributed by atoms with E-state index in [4.69, 9.17) is 14.7 Å². The van der Waals surface area contributed by atoms with Gasteiger partial charge in [-0.1, -0.05) is 0 Å². The summed E-state index contributed by atoms with van der Waals surface area (Å²) >= 11 is 0. The van der Waals surface area contributed by atoms with Crippen molar-refractivity contribution in [1.82, 2.24) is 6.15 Å². The van der Waals surface area contributed by atoms with Gasteiger partial charge >= 0.3 is 11.5 Å². The summed E-state index contributed by atoms with van der Waals surface area (Å²) in [6.45, 7) is 0. The first-order chi connectivity index (χ1) is 1.73. The lowest BCUT2D eigenvalue weighted by Crippen LogP contribution is -1.54. The van der Waals surface area contributed by atoms with Crippen LogP contribution in [-0.4, -0.2) is 14.7 Å². The Kier molecular flexibility index (Phi) is 7.67. The molecule has 0 aromatic carbocycles. The highest BCUT2D eigenvalue weighted by Gasteiger charge is 1.76. The fourth-order valence-electron chi connectivity index (χ4n) is 0. The van der Waals surface area contributed by atoms with Gasteiger partial charge in [0.25, 0.3) is 0 Å². The third-order valence-electron chi connectivity index (χ3n) is 0. The van der Waals surface area contributed by atoms with Crippen molar-refractivity contribution in [2.24, 2.45) is 0 Å². The van der Waals surface area contributed by atoms with Crippen LogP contribution in [-0.2, 0) is 0 Å². The SMILES string of the molecule is N.OP(O)O.[H+].[H+]. The molecular formula is H8NO3P+2. The van der Waals surface area contributed by atoms with Gasteiger partial charge in [-0.25, -0.2) is 0 Å². The molecule has 0 fully saturated rings. The fourth-order valence-corrected chi connectivity index (χ4v) is 0. The second-order valence-corrected chi connectivity index (χ2v) is 0.805. The summed E-state index contributed by atoms with van der Waals surface area (Å²) in [4.78, 5) is 21.7. The maximum absolute atomic E-state index is 7.23. The molecular weight excluding hydrogens is 93.0 g/mol. The Morgan fingerprint density at radius 1 is 1.20 bits per heavy atom. The molecule has 0 heterocycles. The van der Waals surface area contributed by atoms with E-state index in [1.807, 2.05) is 0 Å². The van der Waals surface area contributed by atoms with Crippen LogP contribution in [0, 0.1) is 0 Å². The van der Waals surface area contributed by atoms with Crippen molar-refractivity contribution in [3.8, 4) is 0 Å². The monoisotopic (exact) mass is 101 g/mol. The Morgan fingerprint density at radius 2 is 1.20 bits per heavy atom. The van der Waals surface area contributed by atoms with Crippen LogP contribution < -0.4 is 6.15 Å². The van der Waals surface area contributed by atoms with Gasteiger partial charge in [0.05, 0.1) is 0 Å². The van der Waals surface area contributed by atoms with Crippen LogP contribution in [0.3, 0.4) is 0 Å². The van der Waals surface area contributed by atoms with Crippen LogP contribution in [0.2, 0.25) is 0 Å². The number of hydrogen-bond donors (Lipinski definition) is 4. The van der Waals surface area contributed by atoms with Gasteiger partial charge in [0.15, 0.2) is 0 Å². The zero-order valence-corrected chi connectivity index (χ0v) is 3.39. The second kappa shape index (κ2) is 4.27. The Bertz CT molecular complexity index is 17.7. The quantitative estimate of drug-likeness (QED) is 0.311. The van der Waals surface area contributed by atoms with Gasteiger partial charge in [-0.05, 0) is 0 Å². The maximum Gasteiger partial charge on any atom is 1.00 e. The van der Waals surface area contributed by atoms with Gasteiger partial charge in [-0.15, -0.1) is 0 Å². The molecule has 0 aliphatic heterocycles. The van der Waals surface area contributed by atoms with Crippen molar-refractivity contribution < 1.29 is 17.5 Å². The minimum absolute atomic E-state index is 0. The first kappa shape index (κ1) is 8.99.